The number of halogens is 1. The topological polar surface area (TPSA) is 76.1 Å². The van der Waals surface area contributed by atoms with Gasteiger partial charge in [-0.3, -0.25) is 4.79 Å². The van der Waals surface area contributed by atoms with E-state index >= 15 is 0 Å². The third kappa shape index (κ3) is 4.84. The van der Waals surface area contributed by atoms with Crippen LogP contribution in [0, 0.1) is 6.92 Å². The van der Waals surface area contributed by atoms with Gasteiger partial charge in [-0.15, -0.1) is 11.3 Å². The summed E-state index contributed by atoms with van der Waals surface area (Å²) < 4.78 is 24.5. The maximum absolute atomic E-state index is 12.2. The summed E-state index contributed by atoms with van der Waals surface area (Å²) in [4.78, 5) is 17.2. The Hall–Kier alpha value is -1.44. The van der Waals surface area contributed by atoms with Gasteiger partial charge in [-0.25, -0.2) is 13.4 Å². The molecule has 0 aliphatic heterocycles. The summed E-state index contributed by atoms with van der Waals surface area (Å²) in [6, 6.07) is 5.89. The highest BCUT2D eigenvalue weighted by molar-refractivity contribution is 7.92. The van der Waals surface area contributed by atoms with Crippen molar-refractivity contribution < 1.29 is 13.2 Å². The molecule has 3 rings (SSSR count). The molecule has 140 valence electrons. The van der Waals surface area contributed by atoms with E-state index in [0.717, 1.165) is 33.9 Å². The number of rotatable bonds is 6. The van der Waals surface area contributed by atoms with E-state index in [1.807, 2.05) is 25.1 Å². The summed E-state index contributed by atoms with van der Waals surface area (Å²) in [5.41, 5.74) is 2.09. The standard InChI is InChI=1S/C18H21ClN2O3S2/c1-12-6-7-13(9-16(12)19)8-14-10-20-18(25-14)21-17(22)11-26(23,24)15-4-2-3-5-15/h6-7,9-10,15H,2-5,8,11H2,1H3,(H,20,21,22). The molecule has 0 saturated heterocycles. The van der Waals surface area contributed by atoms with Crippen molar-refractivity contribution in [1.29, 1.82) is 0 Å². The first-order chi connectivity index (χ1) is 12.3. The highest BCUT2D eigenvalue weighted by Gasteiger charge is 2.30. The lowest BCUT2D eigenvalue weighted by molar-refractivity contribution is -0.113. The van der Waals surface area contributed by atoms with Crippen molar-refractivity contribution in [3.63, 3.8) is 0 Å². The second-order valence-electron chi connectivity index (χ2n) is 6.65. The average molecular weight is 413 g/mol. The van der Waals surface area contributed by atoms with Crippen LogP contribution in [0.15, 0.2) is 24.4 Å². The molecule has 0 bridgehead atoms. The zero-order valence-corrected chi connectivity index (χ0v) is 16.9. The molecule has 1 aromatic heterocycles. The molecule has 2 aromatic rings. The first kappa shape index (κ1) is 19.3. The number of hydrogen-bond donors (Lipinski definition) is 1. The molecule has 1 fully saturated rings. The molecule has 1 aliphatic rings. The Morgan fingerprint density at radius 3 is 2.77 bits per heavy atom. The minimum atomic E-state index is -3.38. The van der Waals surface area contributed by atoms with E-state index in [-0.39, 0.29) is 5.25 Å². The van der Waals surface area contributed by atoms with Crippen molar-refractivity contribution >= 4 is 43.8 Å². The SMILES string of the molecule is Cc1ccc(Cc2cnc(NC(=O)CS(=O)(=O)C3CCCC3)s2)cc1Cl. The number of anilines is 1. The number of nitrogens with one attached hydrogen (secondary N) is 1. The molecular formula is C18H21ClN2O3S2. The number of aromatic nitrogens is 1. The number of aryl methyl sites for hydroxylation is 1. The normalized spacial score (nSPS) is 15.3. The van der Waals surface area contributed by atoms with E-state index in [2.05, 4.69) is 10.3 Å². The van der Waals surface area contributed by atoms with Crippen LogP contribution in [0.1, 0.15) is 41.7 Å². The molecule has 0 atom stereocenters. The second-order valence-corrected chi connectivity index (χ2v) is 10.5. The van der Waals surface area contributed by atoms with Crippen LogP contribution in [-0.2, 0) is 21.1 Å². The summed E-state index contributed by atoms with van der Waals surface area (Å²) >= 11 is 7.49. The molecule has 26 heavy (non-hydrogen) atoms. The van der Waals surface area contributed by atoms with Crippen LogP contribution in [-0.4, -0.2) is 30.3 Å². The zero-order valence-electron chi connectivity index (χ0n) is 14.5. The largest absolute Gasteiger partial charge is 0.301 e. The Kier molecular flexibility index (Phi) is 5.99. The van der Waals surface area contributed by atoms with E-state index in [4.69, 9.17) is 11.6 Å². The van der Waals surface area contributed by atoms with E-state index < -0.39 is 21.5 Å². The van der Waals surface area contributed by atoms with Gasteiger partial charge in [0.15, 0.2) is 15.0 Å². The van der Waals surface area contributed by atoms with Crippen molar-refractivity contribution in [3.8, 4) is 0 Å². The van der Waals surface area contributed by atoms with Crippen molar-refractivity contribution in [2.45, 2.75) is 44.3 Å². The van der Waals surface area contributed by atoms with Crippen LogP contribution in [0.25, 0.3) is 0 Å². The van der Waals surface area contributed by atoms with Gasteiger partial charge in [-0.05, 0) is 37.0 Å². The summed E-state index contributed by atoms with van der Waals surface area (Å²) in [5, 5.41) is 3.38. The Morgan fingerprint density at radius 1 is 1.35 bits per heavy atom. The Bertz CT molecular complexity index is 903. The van der Waals surface area contributed by atoms with E-state index in [1.54, 1.807) is 6.20 Å². The average Bonchev–Trinajstić information content (AvgIpc) is 3.23. The molecule has 1 saturated carbocycles. The van der Waals surface area contributed by atoms with Crippen molar-refractivity contribution in [1.82, 2.24) is 4.98 Å². The smallest absolute Gasteiger partial charge is 0.241 e. The fraction of sp³-hybridized carbons (Fsp3) is 0.444. The fourth-order valence-corrected chi connectivity index (χ4v) is 5.89. The number of carbonyl (C=O) groups is 1. The molecule has 0 spiro atoms. The van der Waals surface area contributed by atoms with E-state index in [9.17, 15) is 13.2 Å². The molecule has 8 heteroatoms. The van der Waals surface area contributed by atoms with Crippen LogP contribution in [0.5, 0.6) is 0 Å². The highest BCUT2D eigenvalue weighted by atomic mass is 35.5. The maximum atomic E-state index is 12.2. The summed E-state index contributed by atoms with van der Waals surface area (Å²) in [6.07, 6.45) is 5.52. The first-order valence-electron chi connectivity index (χ1n) is 8.54. The minimum absolute atomic E-state index is 0.369. The number of amides is 1. The molecule has 1 aromatic carbocycles. The molecular weight excluding hydrogens is 392 g/mol. The van der Waals surface area contributed by atoms with E-state index in [0.29, 0.717) is 24.4 Å². The Morgan fingerprint density at radius 2 is 2.08 bits per heavy atom. The lowest BCUT2D eigenvalue weighted by Gasteiger charge is -2.10. The molecule has 0 unspecified atom stereocenters. The van der Waals surface area contributed by atoms with Crippen LogP contribution in [0.2, 0.25) is 5.02 Å². The highest BCUT2D eigenvalue weighted by Crippen LogP contribution is 2.26. The van der Waals surface area contributed by atoms with Gasteiger partial charge >= 0.3 is 0 Å². The predicted molar refractivity (Wildman–Crippen MR) is 106 cm³/mol. The number of hydrogen-bond acceptors (Lipinski definition) is 5. The van der Waals surface area contributed by atoms with Crippen LogP contribution in [0.3, 0.4) is 0 Å². The molecule has 1 heterocycles. The summed E-state index contributed by atoms with van der Waals surface area (Å²) in [6.45, 7) is 1.95. The quantitative estimate of drug-likeness (QED) is 0.778. The maximum Gasteiger partial charge on any atom is 0.241 e. The van der Waals surface area contributed by atoms with Gasteiger partial charge in [0.25, 0.3) is 0 Å². The number of nitrogens with zero attached hydrogens (tertiary/aromatic N) is 1. The Labute approximate surface area is 162 Å². The zero-order chi connectivity index (χ0) is 18.7. The van der Waals surface area contributed by atoms with Gasteiger partial charge in [-0.1, -0.05) is 36.6 Å². The van der Waals surface area contributed by atoms with Gasteiger partial charge in [0.2, 0.25) is 5.91 Å². The summed E-state index contributed by atoms with van der Waals surface area (Å²) in [5.74, 6) is -0.989. The van der Waals surface area contributed by atoms with Crippen LogP contribution >= 0.6 is 22.9 Å². The summed E-state index contributed by atoms with van der Waals surface area (Å²) in [7, 11) is -3.38. The first-order valence-corrected chi connectivity index (χ1v) is 11.5. The number of carbonyl (C=O) groups excluding carboxylic acids is 1. The molecule has 1 N–H and O–H groups in total. The van der Waals surface area contributed by atoms with Gasteiger partial charge in [0.1, 0.15) is 5.75 Å². The third-order valence-electron chi connectivity index (χ3n) is 4.56. The third-order valence-corrected chi connectivity index (χ3v) is 8.03. The second kappa shape index (κ2) is 8.06. The van der Waals surface area contributed by atoms with E-state index in [1.165, 1.54) is 11.3 Å². The van der Waals surface area contributed by atoms with Gasteiger partial charge < -0.3 is 5.32 Å². The van der Waals surface area contributed by atoms with Crippen LogP contribution in [0.4, 0.5) is 5.13 Å². The van der Waals surface area contributed by atoms with Gasteiger partial charge in [-0.2, -0.15) is 0 Å². The minimum Gasteiger partial charge on any atom is -0.301 e. The monoisotopic (exact) mass is 412 g/mol. The van der Waals surface area contributed by atoms with Gasteiger partial charge in [0.05, 0.1) is 5.25 Å². The van der Waals surface area contributed by atoms with Crippen LogP contribution < -0.4 is 5.32 Å². The van der Waals surface area contributed by atoms with Crippen molar-refractivity contribution in [2.75, 3.05) is 11.1 Å². The number of thiazole rings is 1. The predicted octanol–water partition coefficient (Wildman–Crippen LogP) is 3.99. The van der Waals surface area contributed by atoms with Crippen molar-refractivity contribution in [2.24, 2.45) is 0 Å². The Balaban J connectivity index is 1.59. The molecule has 5 nitrogen and oxygen atoms in total. The molecule has 0 radical (unpaired) electrons. The lowest BCUT2D eigenvalue weighted by Crippen LogP contribution is -2.29. The molecule has 1 amide bonds. The fourth-order valence-electron chi connectivity index (χ4n) is 3.10. The number of benzene rings is 1. The number of sulfone groups is 1. The lowest BCUT2D eigenvalue weighted by atomic mass is 10.1. The van der Waals surface area contributed by atoms with Gasteiger partial charge in [0, 0.05) is 22.5 Å². The molecule has 1 aliphatic carbocycles. The van der Waals surface area contributed by atoms with Crippen molar-refractivity contribution in [3.05, 3.63) is 45.4 Å².